The van der Waals surface area contributed by atoms with Crippen molar-refractivity contribution in [3.63, 3.8) is 0 Å². The van der Waals surface area contributed by atoms with E-state index in [1.807, 2.05) is 0 Å². The molecule has 1 aliphatic heterocycles. The van der Waals surface area contributed by atoms with Crippen LogP contribution in [0.4, 0.5) is 0 Å². The first-order chi connectivity index (χ1) is 28.1. The zero-order valence-corrected chi connectivity index (χ0v) is 40.4. The number of fused-ring (bicyclic) bond motifs is 5. The van der Waals surface area contributed by atoms with Gasteiger partial charge in [-0.05, 0) is 0 Å². The normalized spacial score (nSPS) is 17.6. The summed E-state index contributed by atoms with van der Waals surface area (Å²) in [7, 11) is 17.9. The first-order valence-corrected chi connectivity index (χ1v) is 33.6. The van der Waals surface area contributed by atoms with Gasteiger partial charge in [-0.3, -0.25) is 0 Å². The molecule has 0 fully saturated rings. The Hall–Kier alpha value is -3.52. The summed E-state index contributed by atoms with van der Waals surface area (Å²) in [6.45, 7) is 13.8. The molecule has 0 saturated heterocycles. The van der Waals surface area contributed by atoms with Gasteiger partial charge in [-0.15, -0.1) is 0 Å². The van der Waals surface area contributed by atoms with Gasteiger partial charge in [0, 0.05) is 0 Å². The van der Waals surface area contributed by atoms with Crippen molar-refractivity contribution in [3.05, 3.63) is 171 Å². The summed E-state index contributed by atoms with van der Waals surface area (Å²) in [4.78, 5) is 0. The number of benzene rings is 6. The number of allylic oxidation sites excluding steroid dienone is 2. The van der Waals surface area contributed by atoms with Crippen LogP contribution in [0.15, 0.2) is 126 Å². The third-order valence-electron chi connectivity index (χ3n) is 13.8. The fraction of sp³-hybridized carbons (Fsp3) is 0.259. The van der Waals surface area contributed by atoms with Gasteiger partial charge in [-0.2, -0.15) is 0 Å². The molecule has 0 N–H and O–H groups in total. The zero-order chi connectivity index (χ0) is 40.4. The van der Waals surface area contributed by atoms with E-state index < -0.39 is 25.9 Å². The molecule has 2 aliphatic carbocycles. The van der Waals surface area contributed by atoms with Gasteiger partial charge in [-0.1, -0.05) is 0 Å². The van der Waals surface area contributed by atoms with E-state index >= 15 is 0 Å². The second kappa shape index (κ2) is 15.5. The average Bonchev–Trinajstić information content (AvgIpc) is 3.93. The molecule has 6 aromatic rings. The molecule has 2 unspecified atom stereocenters. The average molecular weight is 894 g/mol. The van der Waals surface area contributed by atoms with Crippen LogP contribution in [0.3, 0.4) is 0 Å². The monoisotopic (exact) mass is 891 g/mol. The number of aryl methyl sites for hydroxylation is 4. The fourth-order valence-electron chi connectivity index (χ4n) is 11.4. The minimum absolute atomic E-state index is 0.0680. The Kier molecular flexibility index (Phi) is 10.7. The Morgan fingerprint density at radius 3 is 1.47 bits per heavy atom. The Balaban J connectivity index is 1.40. The SMILES string of the molecule is CCCC1=Cc2c(ccc(CC)c2-c2ccccc2C)[CH]1[Zr]([Cl])([Cl])([c]1cccc2c1[SiH2]c1ccccc1-2)[CH]1C(CCC)=Cc2c1ccc(CC)c2-c1ccccc1C. The van der Waals surface area contributed by atoms with E-state index in [-0.39, 0.29) is 7.25 Å². The summed E-state index contributed by atoms with van der Waals surface area (Å²) >= 11 is -5.62. The maximum absolute atomic E-state index is 9.40. The van der Waals surface area contributed by atoms with E-state index in [0.717, 1.165) is 38.5 Å². The summed E-state index contributed by atoms with van der Waals surface area (Å²) in [6, 6.07) is 43.7. The van der Waals surface area contributed by atoms with E-state index in [9.17, 15) is 17.0 Å². The molecule has 293 valence electrons. The van der Waals surface area contributed by atoms with Gasteiger partial charge in [0.25, 0.3) is 0 Å². The molecular formula is C54H55Cl2SiZr. The van der Waals surface area contributed by atoms with Crippen molar-refractivity contribution in [3.8, 4) is 33.4 Å². The summed E-state index contributed by atoms with van der Waals surface area (Å²) in [6.07, 6.45) is 11.1. The summed E-state index contributed by atoms with van der Waals surface area (Å²) in [5.41, 5.74) is 21.7. The molecule has 2 atom stereocenters. The molecule has 0 radical (unpaired) electrons. The van der Waals surface area contributed by atoms with Gasteiger partial charge in [-0.25, -0.2) is 0 Å². The van der Waals surface area contributed by atoms with Crippen LogP contribution in [0.25, 0.3) is 45.5 Å². The summed E-state index contributed by atoms with van der Waals surface area (Å²) in [5, 5.41) is 2.99. The number of rotatable bonds is 11. The molecule has 0 spiro atoms. The molecule has 1 heterocycles. The van der Waals surface area contributed by atoms with E-state index in [2.05, 4.69) is 169 Å². The predicted molar refractivity (Wildman–Crippen MR) is 254 cm³/mol. The molecule has 0 nitrogen and oxygen atoms in total. The third kappa shape index (κ3) is 6.06. The Labute approximate surface area is 357 Å². The van der Waals surface area contributed by atoms with Crippen molar-refractivity contribution < 1.29 is 16.4 Å². The second-order valence-corrected chi connectivity index (χ2v) is 39.6. The molecular weight excluding hydrogens is 839 g/mol. The summed E-state index contributed by atoms with van der Waals surface area (Å²) in [5.74, 6) is 0. The molecule has 0 saturated carbocycles. The van der Waals surface area contributed by atoms with Gasteiger partial charge in [0.05, 0.1) is 0 Å². The van der Waals surface area contributed by atoms with Gasteiger partial charge < -0.3 is 0 Å². The topological polar surface area (TPSA) is 0 Å². The van der Waals surface area contributed by atoms with Crippen LogP contribution >= 0.6 is 17.0 Å². The fourth-order valence-corrected chi connectivity index (χ4v) is 39.4. The van der Waals surface area contributed by atoms with E-state index in [1.54, 1.807) is 0 Å². The van der Waals surface area contributed by atoms with Gasteiger partial charge in [0.15, 0.2) is 0 Å². The van der Waals surface area contributed by atoms with E-state index in [4.69, 9.17) is 0 Å². The summed E-state index contributed by atoms with van der Waals surface area (Å²) < 4.78 is 1.18. The van der Waals surface area contributed by atoms with E-state index in [1.165, 1.54) is 103 Å². The van der Waals surface area contributed by atoms with Crippen LogP contribution in [0, 0.1) is 13.8 Å². The molecule has 6 aromatic carbocycles. The quantitative estimate of drug-likeness (QED) is 0.114. The Morgan fingerprint density at radius 1 is 0.517 bits per heavy atom. The van der Waals surface area contributed by atoms with Crippen molar-refractivity contribution in [2.45, 2.75) is 87.3 Å². The van der Waals surface area contributed by atoms with Crippen molar-refractivity contribution in [2.75, 3.05) is 0 Å². The van der Waals surface area contributed by atoms with Crippen LogP contribution in [0.5, 0.6) is 0 Å². The number of hydrogen-bond donors (Lipinski definition) is 0. The Bertz CT molecular complexity index is 2550. The molecule has 0 aromatic heterocycles. The van der Waals surface area contributed by atoms with Crippen molar-refractivity contribution in [1.29, 1.82) is 0 Å². The van der Waals surface area contributed by atoms with E-state index in [0.29, 0.717) is 0 Å². The van der Waals surface area contributed by atoms with Crippen LogP contribution in [-0.2, 0) is 29.2 Å². The molecule has 0 amide bonds. The van der Waals surface area contributed by atoms with Crippen LogP contribution in [0.2, 0.25) is 0 Å². The number of hydrogen-bond acceptors (Lipinski definition) is 0. The van der Waals surface area contributed by atoms with Crippen molar-refractivity contribution >= 4 is 52.3 Å². The zero-order valence-electron chi connectivity index (χ0n) is 35.0. The second-order valence-electron chi connectivity index (χ2n) is 17.2. The first kappa shape index (κ1) is 39.9. The molecule has 3 aliphatic rings. The van der Waals surface area contributed by atoms with Crippen LogP contribution in [0.1, 0.15) is 105 Å². The predicted octanol–water partition coefficient (Wildman–Crippen LogP) is 13.4. The minimum atomic E-state index is -5.62. The maximum atomic E-state index is 9.40. The van der Waals surface area contributed by atoms with Gasteiger partial charge >= 0.3 is 360 Å². The molecule has 58 heavy (non-hydrogen) atoms. The molecule has 0 bridgehead atoms. The van der Waals surface area contributed by atoms with Crippen molar-refractivity contribution in [2.24, 2.45) is 0 Å². The van der Waals surface area contributed by atoms with Crippen LogP contribution < -0.4 is 13.6 Å². The van der Waals surface area contributed by atoms with Gasteiger partial charge in [0.1, 0.15) is 0 Å². The van der Waals surface area contributed by atoms with Crippen molar-refractivity contribution in [1.82, 2.24) is 0 Å². The first-order valence-electron chi connectivity index (χ1n) is 21.8. The third-order valence-corrected chi connectivity index (χ3v) is 36.6. The van der Waals surface area contributed by atoms with Crippen LogP contribution in [-0.4, -0.2) is 9.52 Å². The van der Waals surface area contributed by atoms with Gasteiger partial charge in [0.2, 0.25) is 0 Å². The standard InChI is InChI=1S/2C21H23.C12H9Si.2ClH.Zr/c2*1-4-8-16-13-18-12-11-17(5-2)21(20(18)14-16)19-10-7-6-9-15(19)3;1-3-7-11-9(5-1)10-6-2-4-8-12(10)13-11;;;/h2*6-7,9-14H,4-5,8H2,1-3H3;1-7H,13H2;2*1H;/q;;;;;+2/p-2. The Morgan fingerprint density at radius 2 is 0.983 bits per heavy atom. The number of halogens is 2. The molecule has 9 rings (SSSR count). The molecule has 4 heteroatoms.